The van der Waals surface area contributed by atoms with E-state index in [1.807, 2.05) is 30.0 Å². The van der Waals surface area contributed by atoms with E-state index in [-0.39, 0.29) is 24.5 Å². The molecule has 0 radical (unpaired) electrons. The number of aromatic nitrogens is 1. The number of hydrogen-bond acceptors (Lipinski definition) is 7. The number of nitrogens with zero attached hydrogens (tertiary/aromatic N) is 3. The van der Waals surface area contributed by atoms with Crippen molar-refractivity contribution < 1.29 is 19.1 Å². The number of hydrogen-bond donors (Lipinski definition) is 1. The van der Waals surface area contributed by atoms with Crippen LogP contribution in [0.1, 0.15) is 30.3 Å². The summed E-state index contributed by atoms with van der Waals surface area (Å²) in [5.41, 5.74) is 1.85. The van der Waals surface area contributed by atoms with Crippen LogP contribution in [-0.4, -0.2) is 54.7 Å². The molecule has 1 atom stereocenters. The minimum Gasteiger partial charge on any atom is -0.454 e. The van der Waals surface area contributed by atoms with Gasteiger partial charge in [-0.2, -0.15) is 0 Å². The number of amides is 2. The number of rotatable bonds is 4. The Bertz CT molecular complexity index is 999. The lowest BCUT2D eigenvalue weighted by Gasteiger charge is -2.34. The maximum absolute atomic E-state index is 12.9. The topological polar surface area (TPSA) is 84.0 Å². The van der Waals surface area contributed by atoms with Crippen LogP contribution in [0.3, 0.4) is 0 Å². The number of carbonyl (C=O) groups excluding carboxylic acids is 2. The Kier molecular flexibility index (Phi) is 5.43. The molecule has 3 heterocycles. The fourth-order valence-corrected chi connectivity index (χ4v) is 5.55. The van der Waals surface area contributed by atoms with Gasteiger partial charge in [-0.15, -0.1) is 11.3 Å². The SMILES string of the molecule is CCC(=O)N1CCN(c2nc3c(s2)CC(C(=O)Nc2ccc4c(c2)OCO4)CC3)CC1. The van der Waals surface area contributed by atoms with E-state index in [4.69, 9.17) is 14.5 Å². The van der Waals surface area contributed by atoms with E-state index in [9.17, 15) is 9.59 Å². The molecule has 164 valence electrons. The normalized spacial score (nSPS) is 19.8. The highest BCUT2D eigenvalue weighted by atomic mass is 32.1. The molecule has 0 bridgehead atoms. The van der Waals surface area contributed by atoms with Gasteiger partial charge in [-0.3, -0.25) is 9.59 Å². The van der Waals surface area contributed by atoms with Gasteiger partial charge >= 0.3 is 0 Å². The summed E-state index contributed by atoms with van der Waals surface area (Å²) >= 11 is 1.70. The molecule has 3 aliphatic rings. The van der Waals surface area contributed by atoms with Crippen LogP contribution >= 0.6 is 11.3 Å². The zero-order valence-electron chi connectivity index (χ0n) is 17.6. The molecular formula is C22H26N4O4S. The van der Waals surface area contributed by atoms with Gasteiger partial charge in [0.2, 0.25) is 18.6 Å². The Balaban J connectivity index is 1.20. The number of aryl methyl sites for hydroxylation is 1. The Morgan fingerprint density at radius 3 is 2.81 bits per heavy atom. The summed E-state index contributed by atoms with van der Waals surface area (Å²) in [5, 5.41) is 4.04. The van der Waals surface area contributed by atoms with Gasteiger partial charge in [-0.05, 0) is 31.4 Å². The minimum absolute atomic E-state index is 0.0335. The Hall–Kier alpha value is -2.81. The van der Waals surface area contributed by atoms with Gasteiger partial charge in [0.05, 0.1) is 5.69 Å². The molecular weight excluding hydrogens is 416 g/mol. The number of fused-ring (bicyclic) bond motifs is 2. The fourth-order valence-electron chi connectivity index (χ4n) is 4.31. The van der Waals surface area contributed by atoms with Crippen molar-refractivity contribution in [2.45, 2.75) is 32.6 Å². The zero-order chi connectivity index (χ0) is 21.4. The van der Waals surface area contributed by atoms with Gasteiger partial charge in [-0.25, -0.2) is 4.98 Å². The summed E-state index contributed by atoms with van der Waals surface area (Å²) in [6.45, 7) is 5.24. The maximum atomic E-state index is 12.9. The molecule has 5 rings (SSSR count). The van der Waals surface area contributed by atoms with Crippen LogP contribution in [0.15, 0.2) is 18.2 Å². The molecule has 1 aliphatic carbocycles. The number of carbonyl (C=O) groups is 2. The largest absolute Gasteiger partial charge is 0.454 e. The van der Waals surface area contributed by atoms with Crippen LogP contribution in [0.4, 0.5) is 10.8 Å². The smallest absolute Gasteiger partial charge is 0.231 e. The first kappa shape index (κ1) is 20.1. The van der Waals surface area contributed by atoms with Gasteiger partial charge in [0.25, 0.3) is 0 Å². The summed E-state index contributed by atoms with van der Waals surface area (Å²) in [7, 11) is 0. The summed E-state index contributed by atoms with van der Waals surface area (Å²) in [4.78, 5) is 35.0. The van der Waals surface area contributed by atoms with Gasteiger partial charge in [-0.1, -0.05) is 6.92 Å². The summed E-state index contributed by atoms with van der Waals surface area (Å²) in [5.74, 6) is 1.56. The molecule has 9 heteroatoms. The Morgan fingerprint density at radius 1 is 1.19 bits per heavy atom. The van der Waals surface area contributed by atoms with Crippen molar-refractivity contribution in [3.05, 3.63) is 28.8 Å². The Labute approximate surface area is 185 Å². The second-order valence-corrected chi connectivity index (χ2v) is 9.15. The van der Waals surface area contributed by atoms with Crippen LogP contribution in [-0.2, 0) is 22.4 Å². The molecule has 1 unspecified atom stereocenters. The Morgan fingerprint density at radius 2 is 2.00 bits per heavy atom. The number of benzene rings is 1. The molecule has 2 aliphatic heterocycles. The maximum Gasteiger partial charge on any atom is 0.231 e. The molecule has 0 spiro atoms. The molecule has 2 aromatic rings. The average molecular weight is 443 g/mol. The van der Waals surface area contributed by atoms with Crippen LogP contribution in [0.2, 0.25) is 0 Å². The van der Waals surface area contributed by atoms with Crippen LogP contribution in [0.5, 0.6) is 11.5 Å². The molecule has 2 amide bonds. The molecule has 31 heavy (non-hydrogen) atoms. The second kappa shape index (κ2) is 8.37. The molecule has 1 aromatic heterocycles. The van der Waals surface area contributed by atoms with Gasteiger partial charge in [0, 0.05) is 55.1 Å². The van der Waals surface area contributed by atoms with E-state index in [1.165, 1.54) is 4.88 Å². The lowest BCUT2D eigenvalue weighted by atomic mass is 9.90. The third-order valence-corrected chi connectivity index (χ3v) is 7.33. The molecule has 1 aromatic carbocycles. The quantitative estimate of drug-likeness (QED) is 0.784. The van der Waals surface area contributed by atoms with E-state index in [2.05, 4.69) is 10.2 Å². The van der Waals surface area contributed by atoms with Crippen molar-refractivity contribution in [1.82, 2.24) is 9.88 Å². The summed E-state index contributed by atoms with van der Waals surface area (Å²) in [6.07, 6.45) is 2.89. The first-order valence-corrected chi connectivity index (χ1v) is 11.6. The van der Waals surface area contributed by atoms with Gasteiger partial charge in [0.1, 0.15) is 0 Å². The lowest BCUT2D eigenvalue weighted by molar-refractivity contribution is -0.131. The monoisotopic (exact) mass is 442 g/mol. The number of piperazine rings is 1. The number of anilines is 2. The van der Waals surface area contributed by atoms with Crippen LogP contribution < -0.4 is 19.7 Å². The fraction of sp³-hybridized carbons (Fsp3) is 0.500. The number of nitrogens with one attached hydrogen (secondary N) is 1. The van der Waals surface area contributed by atoms with Crippen molar-refractivity contribution in [2.75, 3.05) is 43.2 Å². The van der Waals surface area contributed by atoms with Gasteiger partial charge in [0.15, 0.2) is 16.6 Å². The third kappa shape index (κ3) is 4.06. The molecule has 1 saturated heterocycles. The number of thiazole rings is 1. The highest BCUT2D eigenvalue weighted by Gasteiger charge is 2.30. The van der Waals surface area contributed by atoms with Crippen molar-refractivity contribution in [3.8, 4) is 11.5 Å². The van der Waals surface area contributed by atoms with Crippen molar-refractivity contribution in [1.29, 1.82) is 0 Å². The second-order valence-electron chi connectivity index (χ2n) is 8.08. The first-order valence-electron chi connectivity index (χ1n) is 10.8. The standard InChI is InChI=1S/C22H26N4O4S/c1-2-20(27)25-7-9-26(10-8-25)22-24-16-5-3-14(11-19(16)31-22)21(28)23-15-4-6-17-18(12-15)30-13-29-17/h4,6,12,14H,2-3,5,7-11,13H2,1H3,(H,23,28). The highest BCUT2D eigenvalue weighted by molar-refractivity contribution is 7.15. The van der Waals surface area contributed by atoms with Gasteiger partial charge < -0.3 is 24.6 Å². The molecule has 8 nitrogen and oxygen atoms in total. The predicted octanol–water partition coefficient (Wildman–Crippen LogP) is 2.67. The van der Waals surface area contributed by atoms with Crippen molar-refractivity contribution >= 4 is 34.0 Å². The van der Waals surface area contributed by atoms with Crippen molar-refractivity contribution in [3.63, 3.8) is 0 Å². The van der Waals surface area contributed by atoms with E-state index >= 15 is 0 Å². The van der Waals surface area contributed by atoms with E-state index in [0.29, 0.717) is 17.9 Å². The highest BCUT2D eigenvalue weighted by Crippen LogP contribution is 2.36. The average Bonchev–Trinajstić information content (AvgIpc) is 3.44. The van der Waals surface area contributed by atoms with E-state index in [1.54, 1.807) is 11.3 Å². The predicted molar refractivity (Wildman–Crippen MR) is 118 cm³/mol. The summed E-state index contributed by atoms with van der Waals surface area (Å²) < 4.78 is 10.7. The minimum atomic E-state index is -0.0646. The zero-order valence-corrected chi connectivity index (χ0v) is 18.4. The van der Waals surface area contributed by atoms with Crippen LogP contribution in [0, 0.1) is 5.92 Å². The lowest BCUT2D eigenvalue weighted by Crippen LogP contribution is -2.48. The van der Waals surface area contributed by atoms with E-state index in [0.717, 1.165) is 62.0 Å². The van der Waals surface area contributed by atoms with E-state index < -0.39 is 0 Å². The molecule has 1 N–H and O–H groups in total. The summed E-state index contributed by atoms with van der Waals surface area (Å²) in [6, 6.07) is 5.47. The van der Waals surface area contributed by atoms with Crippen molar-refractivity contribution in [2.24, 2.45) is 5.92 Å². The molecule has 0 saturated carbocycles. The number of ether oxygens (including phenoxy) is 2. The molecule has 1 fully saturated rings. The third-order valence-electron chi connectivity index (χ3n) is 6.14. The first-order chi connectivity index (χ1) is 15.1. The van der Waals surface area contributed by atoms with Crippen LogP contribution in [0.25, 0.3) is 0 Å².